The van der Waals surface area contributed by atoms with Crippen LogP contribution in [-0.2, 0) is 6.18 Å². The van der Waals surface area contributed by atoms with Gasteiger partial charge in [0.1, 0.15) is 0 Å². The standard InChI is InChI=1S/C17H21F3N6/c1-10-15(23-16-21-7-11(8-22-16)17(18,19)20)9-26(24-10)14-5-12-3-4-13(6-14)25(12)2/h7-9,12-14H,3-6H2,1-2H3,(H,21,22,23). The number of halogens is 3. The van der Waals surface area contributed by atoms with Crippen LogP contribution in [0.1, 0.15) is 43.0 Å². The third-order valence-corrected chi connectivity index (χ3v) is 5.59. The molecule has 26 heavy (non-hydrogen) atoms. The topological polar surface area (TPSA) is 58.9 Å². The van der Waals surface area contributed by atoms with E-state index in [9.17, 15) is 13.2 Å². The summed E-state index contributed by atoms with van der Waals surface area (Å²) in [7, 11) is 2.20. The summed E-state index contributed by atoms with van der Waals surface area (Å²) < 4.78 is 39.8. The van der Waals surface area contributed by atoms with E-state index in [4.69, 9.17) is 0 Å². The van der Waals surface area contributed by atoms with E-state index < -0.39 is 11.7 Å². The Morgan fingerprint density at radius 3 is 2.27 bits per heavy atom. The van der Waals surface area contributed by atoms with Gasteiger partial charge in [0, 0.05) is 30.7 Å². The van der Waals surface area contributed by atoms with Crippen LogP contribution in [0.3, 0.4) is 0 Å². The van der Waals surface area contributed by atoms with E-state index in [0.29, 0.717) is 18.1 Å². The Bertz CT molecular complexity index is 771. The molecular formula is C17H21F3N6. The molecule has 9 heteroatoms. The number of hydrogen-bond acceptors (Lipinski definition) is 5. The van der Waals surface area contributed by atoms with Crippen molar-refractivity contribution < 1.29 is 13.2 Å². The summed E-state index contributed by atoms with van der Waals surface area (Å²) in [6.45, 7) is 1.87. The third-order valence-electron chi connectivity index (χ3n) is 5.59. The molecule has 2 saturated heterocycles. The van der Waals surface area contributed by atoms with Crippen molar-refractivity contribution in [3.8, 4) is 0 Å². The number of nitrogens with zero attached hydrogens (tertiary/aromatic N) is 5. The molecule has 0 amide bonds. The first-order valence-electron chi connectivity index (χ1n) is 8.75. The van der Waals surface area contributed by atoms with E-state index in [0.717, 1.165) is 36.6 Å². The molecule has 0 aromatic carbocycles. The predicted molar refractivity (Wildman–Crippen MR) is 90.1 cm³/mol. The predicted octanol–water partition coefficient (Wildman–Crippen LogP) is 3.54. The highest BCUT2D eigenvalue weighted by molar-refractivity contribution is 5.54. The zero-order valence-corrected chi connectivity index (χ0v) is 14.7. The second-order valence-corrected chi connectivity index (χ2v) is 7.20. The Hall–Kier alpha value is -2.16. The fraction of sp³-hybridized carbons (Fsp3) is 0.588. The van der Waals surface area contributed by atoms with Gasteiger partial charge in [-0.1, -0.05) is 0 Å². The van der Waals surface area contributed by atoms with Gasteiger partial charge in [-0.05, 0) is 39.7 Å². The minimum atomic E-state index is -4.44. The highest BCUT2D eigenvalue weighted by atomic mass is 19.4. The Morgan fingerprint density at radius 1 is 1.08 bits per heavy atom. The molecule has 0 spiro atoms. The SMILES string of the molecule is Cc1nn(C2CC3CCC(C2)N3C)cc1Nc1ncc(C(F)(F)F)cn1. The molecule has 0 aliphatic carbocycles. The lowest BCUT2D eigenvalue weighted by molar-refractivity contribution is -0.138. The normalized spacial score (nSPS) is 26.3. The minimum Gasteiger partial charge on any atom is -0.321 e. The van der Waals surface area contributed by atoms with E-state index in [1.54, 1.807) is 0 Å². The molecule has 2 aromatic heterocycles. The van der Waals surface area contributed by atoms with Gasteiger partial charge in [0.25, 0.3) is 0 Å². The van der Waals surface area contributed by atoms with Gasteiger partial charge in [0.2, 0.25) is 5.95 Å². The maximum absolute atomic E-state index is 12.6. The van der Waals surface area contributed by atoms with Gasteiger partial charge in [-0.15, -0.1) is 0 Å². The van der Waals surface area contributed by atoms with E-state index in [1.807, 2.05) is 17.8 Å². The number of piperidine rings is 1. The lowest BCUT2D eigenvalue weighted by Gasteiger charge is -2.36. The number of anilines is 2. The van der Waals surface area contributed by atoms with Crippen LogP contribution in [0.2, 0.25) is 0 Å². The summed E-state index contributed by atoms with van der Waals surface area (Å²) in [5.74, 6) is 0.129. The smallest absolute Gasteiger partial charge is 0.321 e. The van der Waals surface area contributed by atoms with Crippen molar-refractivity contribution in [2.75, 3.05) is 12.4 Å². The molecule has 2 bridgehead atoms. The molecule has 0 saturated carbocycles. The molecule has 140 valence electrons. The Kier molecular flexibility index (Phi) is 4.13. The molecule has 1 N–H and O–H groups in total. The lowest BCUT2D eigenvalue weighted by Crippen LogP contribution is -2.40. The fourth-order valence-electron chi connectivity index (χ4n) is 4.05. The summed E-state index contributed by atoms with van der Waals surface area (Å²) in [5.41, 5.74) is 0.632. The van der Waals surface area contributed by atoms with Crippen LogP contribution in [0.25, 0.3) is 0 Å². The summed E-state index contributed by atoms with van der Waals surface area (Å²) in [4.78, 5) is 10.00. The van der Waals surface area contributed by atoms with Crippen LogP contribution in [0.4, 0.5) is 24.8 Å². The van der Waals surface area contributed by atoms with Gasteiger partial charge >= 0.3 is 6.18 Å². The van der Waals surface area contributed by atoms with Gasteiger partial charge in [0.15, 0.2) is 0 Å². The molecule has 0 radical (unpaired) electrons. The van der Waals surface area contributed by atoms with Crippen molar-refractivity contribution in [1.82, 2.24) is 24.6 Å². The van der Waals surface area contributed by atoms with E-state index in [2.05, 4.69) is 32.3 Å². The molecule has 4 rings (SSSR count). The maximum Gasteiger partial charge on any atom is 0.419 e. The summed E-state index contributed by atoms with van der Waals surface area (Å²) >= 11 is 0. The third kappa shape index (κ3) is 3.15. The quantitative estimate of drug-likeness (QED) is 0.900. The molecule has 6 nitrogen and oxygen atoms in total. The first-order chi connectivity index (χ1) is 12.3. The van der Waals surface area contributed by atoms with E-state index in [1.165, 1.54) is 12.8 Å². The van der Waals surface area contributed by atoms with Crippen molar-refractivity contribution in [2.45, 2.75) is 56.9 Å². The number of aromatic nitrogens is 4. The minimum absolute atomic E-state index is 0.129. The van der Waals surface area contributed by atoms with Crippen LogP contribution in [0.5, 0.6) is 0 Å². The number of fused-ring (bicyclic) bond motifs is 2. The van der Waals surface area contributed by atoms with Crippen molar-refractivity contribution in [2.24, 2.45) is 0 Å². The summed E-state index contributed by atoms with van der Waals surface area (Å²) in [5, 5.41) is 7.58. The average Bonchev–Trinajstić information content (AvgIpc) is 3.02. The van der Waals surface area contributed by atoms with Crippen LogP contribution >= 0.6 is 0 Å². The number of alkyl halides is 3. The highest BCUT2D eigenvalue weighted by Crippen LogP contribution is 2.40. The Labute approximate surface area is 149 Å². The molecule has 2 aliphatic heterocycles. The summed E-state index contributed by atoms with van der Waals surface area (Å²) in [6, 6.07) is 1.57. The van der Waals surface area contributed by atoms with Gasteiger partial charge in [-0.3, -0.25) is 4.68 Å². The van der Waals surface area contributed by atoms with Crippen LogP contribution in [0, 0.1) is 6.92 Å². The monoisotopic (exact) mass is 366 g/mol. The van der Waals surface area contributed by atoms with Crippen LogP contribution in [-0.4, -0.2) is 43.8 Å². The molecule has 4 heterocycles. The van der Waals surface area contributed by atoms with E-state index >= 15 is 0 Å². The lowest BCUT2D eigenvalue weighted by atomic mass is 9.98. The number of nitrogens with one attached hydrogen (secondary N) is 1. The molecule has 2 unspecified atom stereocenters. The fourth-order valence-corrected chi connectivity index (χ4v) is 4.05. The van der Waals surface area contributed by atoms with Crippen molar-refractivity contribution in [3.05, 3.63) is 29.8 Å². The average molecular weight is 366 g/mol. The van der Waals surface area contributed by atoms with Gasteiger partial charge in [-0.25, -0.2) is 9.97 Å². The second-order valence-electron chi connectivity index (χ2n) is 7.20. The molecular weight excluding hydrogens is 345 g/mol. The molecule has 2 atom stereocenters. The molecule has 2 aliphatic rings. The zero-order chi connectivity index (χ0) is 18.5. The summed E-state index contributed by atoms with van der Waals surface area (Å²) in [6.07, 6.45) is 3.66. The van der Waals surface area contributed by atoms with Crippen molar-refractivity contribution in [1.29, 1.82) is 0 Å². The number of aryl methyl sites for hydroxylation is 1. The first kappa shape index (κ1) is 17.3. The molecule has 2 aromatic rings. The van der Waals surface area contributed by atoms with Gasteiger partial charge in [-0.2, -0.15) is 18.3 Å². The van der Waals surface area contributed by atoms with Gasteiger partial charge < -0.3 is 10.2 Å². The first-order valence-corrected chi connectivity index (χ1v) is 8.75. The highest BCUT2D eigenvalue weighted by Gasteiger charge is 2.39. The van der Waals surface area contributed by atoms with E-state index in [-0.39, 0.29) is 5.95 Å². The second kappa shape index (κ2) is 6.22. The van der Waals surface area contributed by atoms with Crippen LogP contribution < -0.4 is 5.32 Å². The number of rotatable bonds is 3. The Morgan fingerprint density at radius 2 is 1.69 bits per heavy atom. The molecule has 2 fully saturated rings. The zero-order valence-electron chi connectivity index (χ0n) is 14.7. The van der Waals surface area contributed by atoms with Crippen molar-refractivity contribution >= 4 is 11.6 Å². The van der Waals surface area contributed by atoms with Gasteiger partial charge in [0.05, 0.1) is 23.0 Å². The van der Waals surface area contributed by atoms with Crippen LogP contribution in [0.15, 0.2) is 18.6 Å². The number of hydrogen-bond donors (Lipinski definition) is 1. The Balaban J connectivity index is 1.49. The largest absolute Gasteiger partial charge is 0.419 e. The maximum atomic E-state index is 12.6. The van der Waals surface area contributed by atoms with Crippen molar-refractivity contribution in [3.63, 3.8) is 0 Å².